The number of rotatable bonds is 9. The SMILES string of the molecule is COCCC1(CNC(=O)c2cnc3c(c2)CN(Cc2ccc(C(F)(F)F)cc2)[C@H]3C(C)C)CCCCC1. The monoisotopic (exact) mass is 517 g/mol. The first-order chi connectivity index (χ1) is 17.6. The van der Waals surface area contributed by atoms with Crippen molar-refractivity contribution in [3.05, 3.63) is 64.5 Å². The zero-order valence-electron chi connectivity index (χ0n) is 22.0. The van der Waals surface area contributed by atoms with E-state index in [9.17, 15) is 18.0 Å². The van der Waals surface area contributed by atoms with Crippen molar-refractivity contribution in [2.24, 2.45) is 11.3 Å². The molecule has 0 saturated heterocycles. The highest BCUT2D eigenvalue weighted by molar-refractivity contribution is 5.94. The van der Waals surface area contributed by atoms with Crippen LogP contribution in [0, 0.1) is 11.3 Å². The third-order valence-electron chi connectivity index (χ3n) is 7.98. The Morgan fingerprint density at radius 3 is 2.51 bits per heavy atom. The first kappa shape index (κ1) is 27.6. The Labute approximate surface area is 217 Å². The van der Waals surface area contributed by atoms with Gasteiger partial charge in [-0.2, -0.15) is 13.2 Å². The van der Waals surface area contributed by atoms with Gasteiger partial charge in [0.25, 0.3) is 5.91 Å². The number of fused-ring (bicyclic) bond motifs is 1. The van der Waals surface area contributed by atoms with E-state index in [4.69, 9.17) is 9.72 Å². The molecule has 0 unspecified atom stereocenters. The van der Waals surface area contributed by atoms with Crippen LogP contribution in [0.1, 0.15) is 91.2 Å². The normalized spacial score (nSPS) is 19.7. The van der Waals surface area contributed by atoms with Crippen molar-refractivity contribution < 1.29 is 22.7 Å². The van der Waals surface area contributed by atoms with Gasteiger partial charge in [0, 0.05) is 39.5 Å². The number of nitrogens with zero attached hydrogens (tertiary/aromatic N) is 2. The van der Waals surface area contributed by atoms with Gasteiger partial charge in [-0.1, -0.05) is 45.2 Å². The second-order valence-electron chi connectivity index (χ2n) is 11.0. The van der Waals surface area contributed by atoms with Gasteiger partial charge in [-0.05, 0) is 59.9 Å². The maximum Gasteiger partial charge on any atom is 0.416 e. The number of pyridine rings is 1. The zero-order chi connectivity index (χ0) is 26.6. The lowest BCUT2D eigenvalue weighted by Gasteiger charge is -2.37. The number of carbonyl (C=O) groups excluding carboxylic acids is 1. The van der Waals surface area contributed by atoms with Crippen molar-refractivity contribution in [3.63, 3.8) is 0 Å². The van der Waals surface area contributed by atoms with Gasteiger partial charge in [-0.3, -0.25) is 14.7 Å². The predicted molar refractivity (Wildman–Crippen MR) is 137 cm³/mol. The number of carbonyl (C=O) groups is 1. The van der Waals surface area contributed by atoms with Crippen molar-refractivity contribution >= 4 is 5.91 Å². The van der Waals surface area contributed by atoms with E-state index < -0.39 is 11.7 Å². The summed E-state index contributed by atoms with van der Waals surface area (Å²) in [6.45, 7) is 6.69. The first-order valence-electron chi connectivity index (χ1n) is 13.3. The molecule has 1 fully saturated rings. The van der Waals surface area contributed by atoms with Crippen LogP contribution in [0.5, 0.6) is 0 Å². The van der Waals surface area contributed by atoms with Crippen LogP contribution in [-0.4, -0.2) is 36.1 Å². The Morgan fingerprint density at radius 1 is 1.19 bits per heavy atom. The fourth-order valence-electron chi connectivity index (χ4n) is 5.96. The predicted octanol–water partition coefficient (Wildman–Crippen LogP) is 6.53. The van der Waals surface area contributed by atoms with Gasteiger partial charge in [-0.25, -0.2) is 0 Å². The van der Waals surface area contributed by atoms with Crippen molar-refractivity contribution in [3.8, 4) is 0 Å². The van der Waals surface area contributed by atoms with E-state index in [0.29, 0.717) is 31.8 Å². The minimum Gasteiger partial charge on any atom is -0.385 e. The number of alkyl halides is 3. The highest BCUT2D eigenvalue weighted by atomic mass is 19.4. The van der Waals surface area contributed by atoms with E-state index in [0.717, 1.165) is 48.2 Å². The molecule has 1 aromatic carbocycles. The number of amides is 1. The van der Waals surface area contributed by atoms with Gasteiger partial charge < -0.3 is 10.1 Å². The number of ether oxygens (including phenoxy) is 1. The van der Waals surface area contributed by atoms with E-state index in [1.165, 1.54) is 19.3 Å². The van der Waals surface area contributed by atoms with Gasteiger partial charge in [0.1, 0.15) is 0 Å². The summed E-state index contributed by atoms with van der Waals surface area (Å²) in [6.07, 6.45) is 4.09. The molecule has 1 amide bonds. The molecule has 1 aliphatic carbocycles. The second-order valence-corrected chi connectivity index (χ2v) is 11.0. The number of benzene rings is 1. The highest BCUT2D eigenvalue weighted by Crippen LogP contribution is 2.40. The maximum atomic E-state index is 13.1. The molecular weight excluding hydrogens is 479 g/mol. The molecule has 2 aromatic rings. The number of methoxy groups -OCH3 is 1. The van der Waals surface area contributed by atoms with Crippen LogP contribution in [0.4, 0.5) is 13.2 Å². The average molecular weight is 518 g/mol. The fraction of sp³-hybridized carbons (Fsp3) is 0.586. The van der Waals surface area contributed by atoms with Gasteiger partial charge in [-0.15, -0.1) is 0 Å². The second kappa shape index (κ2) is 11.5. The molecule has 5 nitrogen and oxygen atoms in total. The van der Waals surface area contributed by atoms with Gasteiger partial charge in [0.15, 0.2) is 0 Å². The lowest BCUT2D eigenvalue weighted by molar-refractivity contribution is -0.137. The van der Waals surface area contributed by atoms with Crippen LogP contribution in [0.25, 0.3) is 0 Å². The summed E-state index contributed by atoms with van der Waals surface area (Å²) in [5, 5.41) is 3.17. The summed E-state index contributed by atoms with van der Waals surface area (Å²) in [5.74, 6) is 0.148. The van der Waals surface area contributed by atoms with Crippen LogP contribution >= 0.6 is 0 Å². The molecule has 2 aliphatic rings. The summed E-state index contributed by atoms with van der Waals surface area (Å²) in [5.41, 5.74) is 2.77. The number of aromatic nitrogens is 1. The molecule has 0 bridgehead atoms. The van der Waals surface area contributed by atoms with Crippen LogP contribution in [-0.2, 0) is 24.0 Å². The molecule has 4 rings (SSSR count). The number of nitrogens with one attached hydrogen (secondary N) is 1. The van der Waals surface area contributed by atoms with Crippen molar-refractivity contribution in [1.82, 2.24) is 15.2 Å². The fourth-order valence-corrected chi connectivity index (χ4v) is 5.96. The molecule has 37 heavy (non-hydrogen) atoms. The third-order valence-corrected chi connectivity index (χ3v) is 7.98. The van der Waals surface area contributed by atoms with Crippen LogP contribution in [0.15, 0.2) is 36.5 Å². The maximum absolute atomic E-state index is 13.1. The number of hydrogen-bond donors (Lipinski definition) is 1. The van der Waals surface area contributed by atoms with Crippen molar-refractivity contribution in [1.29, 1.82) is 0 Å². The summed E-state index contributed by atoms with van der Waals surface area (Å²) in [4.78, 5) is 20.1. The molecule has 1 N–H and O–H groups in total. The third kappa shape index (κ3) is 6.52. The lowest BCUT2D eigenvalue weighted by atomic mass is 9.72. The topological polar surface area (TPSA) is 54.5 Å². The van der Waals surface area contributed by atoms with E-state index in [-0.39, 0.29) is 23.3 Å². The Hall–Kier alpha value is -2.45. The largest absolute Gasteiger partial charge is 0.416 e. The Balaban J connectivity index is 1.45. The van der Waals surface area contributed by atoms with E-state index in [1.807, 2.05) is 6.07 Å². The van der Waals surface area contributed by atoms with Gasteiger partial charge >= 0.3 is 6.18 Å². The number of hydrogen-bond acceptors (Lipinski definition) is 4. The van der Waals surface area contributed by atoms with Gasteiger partial charge in [0.2, 0.25) is 0 Å². The van der Waals surface area contributed by atoms with E-state index in [1.54, 1.807) is 25.4 Å². The standard InChI is InChI=1S/C29H38F3N3O2/c1-20(2)26-25-23(18-35(26)17-21-7-9-24(10-8-21)29(30,31)32)15-22(16-33-25)27(36)34-19-28(13-14-37-3)11-5-4-6-12-28/h7-10,15-16,20,26H,4-6,11-14,17-19H2,1-3H3,(H,34,36)/t26-/m0/s1. The Morgan fingerprint density at radius 2 is 1.89 bits per heavy atom. The van der Waals surface area contributed by atoms with Crippen LogP contribution < -0.4 is 5.32 Å². The molecule has 0 radical (unpaired) electrons. The average Bonchev–Trinajstić information content (AvgIpc) is 3.23. The molecule has 1 saturated carbocycles. The van der Waals surface area contributed by atoms with Gasteiger partial charge in [0.05, 0.1) is 22.9 Å². The summed E-state index contributed by atoms with van der Waals surface area (Å²) >= 11 is 0. The van der Waals surface area contributed by atoms with Crippen LogP contribution in [0.2, 0.25) is 0 Å². The lowest BCUT2D eigenvalue weighted by Crippen LogP contribution is -2.39. The van der Waals surface area contributed by atoms with E-state index in [2.05, 4.69) is 24.1 Å². The van der Waals surface area contributed by atoms with Crippen LogP contribution in [0.3, 0.4) is 0 Å². The minimum atomic E-state index is -4.34. The number of halogens is 3. The molecule has 0 spiro atoms. The molecule has 1 aromatic heterocycles. The molecular formula is C29H38F3N3O2. The Kier molecular flexibility index (Phi) is 8.59. The molecule has 8 heteroatoms. The summed E-state index contributed by atoms with van der Waals surface area (Å²) in [7, 11) is 1.72. The molecule has 2 heterocycles. The summed E-state index contributed by atoms with van der Waals surface area (Å²) < 4.78 is 44.2. The molecule has 1 aliphatic heterocycles. The zero-order valence-corrected chi connectivity index (χ0v) is 22.0. The highest BCUT2D eigenvalue weighted by Gasteiger charge is 2.36. The molecule has 1 atom stereocenters. The summed E-state index contributed by atoms with van der Waals surface area (Å²) in [6, 6.07) is 7.32. The molecule has 202 valence electrons. The minimum absolute atomic E-state index is 0.0361. The van der Waals surface area contributed by atoms with Crippen molar-refractivity contribution in [2.75, 3.05) is 20.3 Å². The smallest absolute Gasteiger partial charge is 0.385 e. The Bertz CT molecular complexity index is 1060. The first-order valence-corrected chi connectivity index (χ1v) is 13.3. The quantitative estimate of drug-likeness (QED) is 0.411. The van der Waals surface area contributed by atoms with Crippen molar-refractivity contribution in [2.45, 2.75) is 77.7 Å². The van der Waals surface area contributed by atoms with E-state index >= 15 is 0 Å².